The van der Waals surface area contributed by atoms with Gasteiger partial charge in [-0.2, -0.15) is 0 Å². The monoisotopic (exact) mass is 279 g/mol. The predicted octanol–water partition coefficient (Wildman–Crippen LogP) is 4.31. The van der Waals surface area contributed by atoms with Crippen LogP contribution in [0.4, 0.5) is 5.82 Å². The highest BCUT2D eigenvalue weighted by Crippen LogP contribution is 2.39. The minimum atomic E-state index is 0.546. The number of aromatic nitrogens is 2. The van der Waals surface area contributed by atoms with Crippen molar-refractivity contribution in [2.24, 2.45) is 5.92 Å². The summed E-state index contributed by atoms with van der Waals surface area (Å²) < 4.78 is 0. The van der Waals surface area contributed by atoms with Crippen LogP contribution >= 0.6 is 11.6 Å². The van der Waals surface area contributed by atoms with Crippen molar-refractivity contribution in [3.8, 4) is 0 Å². The molecule has 104 valence electrons. The zero-order valence-electron chi connectivity index (χ0n) is 11.7. The van der Waals surface area contributed by atoms with E-state index in [0.29, 0.717) is 17.1 Å². The van der Waals surface area contributed by atoms with Gasteiger partial charge in [-0.25, -0.2) is 9.97 Å². The molecule has 2 fully saturated rings. The fourth-order valence-electron chi connectivity index (χ4n) is 2.77. The van der Waals surface area contributed by atoms with Gasteiger partial charge in [0.25, 0.3) is 0 Å². The lowest BCUT2D eigenvalue weighted by Crippen LogP contribution is -2.26. The lowest BCUT2D eigenvalue weighted by atomic mass is 9.87. The molecule has 1 heterocycles. The fourth-order valence-corrected chi connectivity index (χ4v) is 2.94. The zero-order valence-corrected chi connectivity index (χ0v) is 12.5. The SMILES string of the molecule is Cc1c(Cl)nc(C2CC2)nc1NC1CCC(C)CC1. The summed E-state index contributed by atoms with van der Waals surface area (Å²) in [5.74, 6) is 3.31. The Morgan fingerprint density at radius 1 is 1.05 bits per heavy atom. The Bertz CT molecular complexity index is 463. The molecule has 0 aliphatic heterocycles. The molecule has 0 radical (unpaired) electrons. The Morgan fingerprint density at radius 2 is 1.74 bits per heavy atom. The molecule has 2 aliphatic rings. The van der Waals surface area contributed by atoms with E-state index in [-0.39, 0.29) is 0 Å². The highest BCUT2D eigenvalue weighted by molar-refractivity contribution is 6.30. The standard InChI is InChI=1S/C15H22ClN3/c1-9-3-7-12(8-4-9)17-14-10(2)13(16)18-15(19-14)11-5-6-11/h9,11-12H,3-8H2,1-2H3,(H,17,18,19). The van der Waals surface area contributed by atoms with Gasteiger partial charge >= 0.3 is 0 Å². The van der Waals surface area contributed by atoms with Crippen molar-refractivity contribution in [2.45, 2.75) is 64.3 Å². The fraction of sp³-hybridized carbons (Fsp3) is 0.733. The summed E-state index contributed by atoms with van der Waals surface area (Å²) in [5.41, 5.74) is 0.990. The topological polar surface area (TPSA) is 37.8 Å². The molecular weight excluding hydrogens is 258 g/mol. The minimum Gasteiger partial charge on any atom is -0.367 e. The molecule has 3 rings (SSSR count). The highest BCUT2D eigenvalue weighted by atomic mass is 35.5. The van der Waals surface area contributed by atoms with Crippen LogP contribution in [-0.2, 0) is 0 Å². The molecule has 1 N–H and O–H groups in total. The van der Waals surface area contributed by atoms with Crippen LogP contribution in [0, 0.1) is 12.8 Å². The van der Waals surface area contributed by atoms with Gasteiger partial charge in [0.05, 0.1) is 0 Å². The number of hydrogen-bond acceptors (Lipinski definition) is 3. The number of nitrogens with zero attached hydrogens (tertiary/aromatic N) is 2. The molecule has 2 aliphatic carbocycles. The average Bonchev–Trinajstić information content (AvgIpc) is 3.21. The largest absolute Gasteiger partial charge is 0.367 e. The van der Waals surface area contributed by atoms with E-state index in [1.54, 1.807) is 0 Å². The van der Waals surface area contributed by atoms with Crippen molar-refractivity contribution < 1.29 is 0 Å². The number of rotatable bonds is 3. The van der Waals surface area contributed by atoms with E-state index in [4.69, 9.17) is 16.6 Å². The molecule has 0 bridgehead atoms. The third-order valence-corrected chi connectivity index (χ3v) is 4.77. The summed E-state index contributed by atoms with van der Waals surface area (Å²) in [6.45, 7) is 4.35. The summed E-state index contributed by atoms with van der Waals surface area (Å²) >= 11 is 6.24. The second-order valence-corrected chi connectivity index (χ2v) is 6.58. The Kier molecular flexibility index (Phi) is 3.66. The van der Waals surface area contributed by atoms with E-state index in [9.17, 15) is 0 Å². The molecule has 1 aromatic rings. The van der Waals surface area contributed by atoms with Gasteiger partial charge in [-0.15, -0.1) is 0 Å². The molecule has 1 aromatic heterocycles. The van der Waals surface area contributed by atoms with Crippen molar-refractivity contribution >= 4 is 17.4 Å². The third kappa shape index (κ3) is 3.02. The molecule has 2 saturated carbocycles. The summed E-state index contributed by atoms with van der Waals surface area (Å²) in [6, 6.07) is 0.549. The summed E-state index contributed by atoms with van der Waals surface area (Å²) in [4.78, 5) is 9.12. The Hall–Kier alpha value is -0.830. The van der Waals surface area contributed by atoms with Gasteiger partial charge in [-0.05, 0) is 51.4 Å². The van der Waals surface area contributed by atoms with Crippen molar-refractivity contribution in [1.82, 2.24) is 9.97 Å². The summed E-state index contributed by atoms with van der Waals surface area (Å²) in [5, 5.41) is 4.21. The van der Waals surface area contributed by atoms with Crippen LogP contribution in [-0.4, -0.2) is 16.0 Å². The van der Waals surface area contributed by atoms with E-state index < -0.39 is 0 Å². The first-order valence-corrected chi connectivity index (χ1v) is 7.82. The van der Waals surface area contributed by atoms with E-state index in [1.807, 2.05) is 6.92 Å². The van der Waals surface area contributed by atoms with Gasteiger partial charge in [0, 0.05) is 17.5 Å². The van der Waals surface area contributed by atoms with Gasteiger partial charge in [0.15, 0.2) is 0 Å². The Labute approximate surface area is 120 Å². The molecule has 0 atom stereocenters. The van der Waals surface area contributed by atoms with Gasteiger partial charge < -0.3 is 5.32 Å². The smallest absolute Gasteiger partial charge is 0.137 e. The van der Waals surface area contributed by atoms with Crippen molar-refractivity contribution in [3.63, 3.8) is 0 Å². The zero-order chi connectivity index (χ0) is 13.4. The predicted molar refractivity (Wildman–Crippen MR) is 78.8 cm³/mol. The maximum absolute atomic E-state index is 6.24. The lowest BCUT2D eigenvalue weighted by molar-refractivity contribution is 0.360. The summed E-state index contributed by atoms with van der Waals surface area (Å²) in [7, 11) is 0. The van der Waals surface area contributed by atoms with Crippen molar-refractivity contribution in [1.29, 1.82) is 0 Å². The normalized spacial score (nSPS) is 27.3. The molecule has 3 nitrogen and oxygen atoms in total. The van der Waals surface area contributed by atoms with Crippen LogP contribution < -0.4 is 5.32 Å². The van der Waals surface area contributed by atoms with Gasteiger partial charge in [0.1, 0.15) is 16.8 Å². The van der Waals surface area contributed by atoms with Crippen LogP contribution in [0.5, 0.6) is 0 Å². The number of nitrogens with one attached hydrogen (secondary N) is 1. The first-order chi connectivity index (χ1) is 9.13. The van der Waals surface area contributed by atoms with Crippen LogP contribution in [0.15, 0.2) is 0 Å². The minimum absolute atomic E-state index is 0.546. The maximum atomic E-state index is 6.24. The van der Waals surface area contributed by atoms with E-state index >= 15 is 0 Å². The van der Waals surface area contributed by atoms with E-state index in [1.165, 1.54) is 38.5 Å². The molecule has 0 unspecified atom stereocenters. The molecule has 0 spiro atoms. The quantitative estimate of drug-likeness (QED) is 0.838. The van der Waals surface area contributed by atoms with E-state index in [0.717, 1.165) is 23.1 Å². The van der Waals surface area contributed by atoms with E-state index in [2.05, 4.69) is 17.2 Å². The van der Waals surface area contributed by atoms with Gasteiger partial charge in [-0.3, -0.25) is 0 Å². The lowest BCUT2D eigenvalue weighted by Gasteiger charge is -2.28. The first-order valence-electron chi connectivity index (χ1n) is 7.44. The van der Waals surface area contributed by atoms with Crippen LogP contribution in [0.25, 0.3) is 0 Å². The average molecular weight is 280 g/mol. The first kappa shape index (κ1) is 13.2. The third-order valence-electron chi connectivity index (χ3n) is 4.40. The van der Waals surface area contributed by atoms with Gasteiger partial charge in [0.2, 0.25) is 0 Å². The molecular formula is C15H22ClN3. The molecule has 0 aromatic carbocycles. The number of anilines is 1. The molecule has 4 heteroatoms. The van der Waals surface area contributed by atoms with Crippen LogP contribution in [0.1, 0.15) is 62.8 Å². The van der Waals surface area contributed by atoms with Crippen LogP contribution in [0.3, 0.4) is 0 Å². The number of halogens is 1. The Morgan fingerprint density at radius 3 is 2.37 bits per heavy atom. The van der Waals surface area contributed by atoms with Gasteiger partial charge in [-0.1, -0.05) is 18.5 Å². The summed E-state index contributed by atoms with van der Waals surface area (Å²) in [6.07, 6.45) is 7.51. The van der Waals surface area contributed by atoms with Crippen molar-refractivity contribution in [2.75, 3.05) is 5.32 Å². The van der Waals surface area contributed by atoms with Crippen molar-refractivity contribution in [3.05, 3.63) is 16.5 Å². The number of hydrogen-bond donors (Lipinski definition) is 1. The Balaban J connectivity index is 1.75. The molecule has 19 heavy (non-hydrogen) atoms. The second-order valence-electron chi connectivity index (χ2n) is 6.22. The maximum Gasteiger partial charge on any atom is 0.137 e. The molecule has 0 amide bonds. The highest BCUT2D eigenvalue weighted by Gasteiger charge is 2.28. The molecule has 0 saturated heterocycles. The van der Waals surface area contributed by atoms with Crippen LogP contribution in [0.2, 0.25) is 5.15 Å². The second kappa shape index (κ2) is 5.28.